The number of ether oxygens (including phenoxy) is 2. The quantitative estimate of drug-likeness (QED) is 0.569. The topological polar surface area (TPSA) is 18.5 Å². The van der Waals surface area contributed by atoms with Crippen LogP contribution in [0.3, 0.4) is 0 Å². The van der Waals surface area contributed by atoms with Crippen LogP contribution in [0.15, 0.2) is 24.2 Å². The predicted molar refractivity (Wildman–Crippen MR) is 46.1 cm³/mol. The summed E-state index contributed by atoms with van der Waals surface area (Å²) in [5.41, 5.74) is 0. The van der Waals surface area contributed by atoms with Crippen LogP contribution in [0.4, 0.5) is 0 Å². The zero-order chi connectivity index (χ0) is 8.69. The SMILES string of the molecule is C=C(CC/C(=C\C)OC)OC. The lowest BCUT2D eigenvalue weighted by Crippen LogP contribution is -1.90. The molecule has 0 saturated carbocycles. The van der Waals surface area contributed by atoms with Crippen LogP contribution in [0.5, 0.6) is 0 Å². The Labute approximate surface area is 68.5 Å². The molecule has 0 rings (SSSR count). The van der Waals surface area contributed by atoms with E-state index in [4.69, 9.17) is 9.47 Å². The van der Waals surface area contributed by atoms with E-state index in [9.17, 15) is 0 Å². The third kappa shape index (κ3) is 4.48. The van der Waals surface area contributed by atoms with E-state index in [1.54, 1.807) is 14.2 Å². The summed E-state index contributed by atoms with van der Waals surface area (Å²) < 4.78 is 9.97. The van der Waals surface area contributed by atoms with E-state index in [1.807, 2.05) is 13.0 Å². The average Bonchev–Trinajstić information content (AvgIpc) is 2.06. The van der Waals surface area contributed by atoms with Gasteiger partial charge in [-0.05, 0) is 13.0 Å². The third-order valence-electron chi connectivity index (χ3n) is 1.52. The van der Waals surface area contributed by atoms with Crippen molar-refractivity contribution in [2.75, 3.05) is 14.2 Å². The number of hydrogen-bond donors (Lipinski definition) is 0. The van der Waals surface area contributed by atoms with E-state index in [0.29, 0.717) is 0 Å². The van der Waals surface area contributed by atoms with Crippen molar-refractivity contribution in [2.24, 2.45) is 0 Å². The second-order valence-electron chi connectivity index (χ2n) is 2.20. The van der Waals surface area contributed by atoms with Crippen LogP contribution >= 0.6 is 0 Å². The Balaban J connectivity index is 3.60. The van der Waals surface area contributed by atoms with Crippen LogP contribution in [0.25, 0.3) is 0 Å². The van der Waals surface area contributed by atoms with E-state index in [1.165, 1.54) is 0 Å². The monoisotopic (exact) mass is 156 g/mol. The lowest BCUT2D eigenvalue weighted by molar-refractivity contribution is 0.251. The summed E-state index contributed by atoms with van der Waals surface area (Å²) in [5.74, 6) is 1.77. The Morgan fingerprint density at radius 3 is 2.27 bits per heavy atom. The molecule has 0 atom stereocenters. The van der Waals surface area contributed by atoms with E-state index in [0.717, 1.165) is 24.4 Å². The smallest absolute Gasteiger partial charge is 0.0917 e. The maximum Gasteiger partial charge on any atom is 0.0917 e. The Bertz CT molecular complexity index is 148. The molecule has 0 aliphatic heterocycles. The van der Waals surface area contributed by atoms with Gasteiger partial charge in [0.25, 0.3) is 0 Å². The van der Waals surface area contributed by atoms with Crippen molar-refractivity contribution in [1.82, 2.24) is 0 Å². The maximum absolute atomic E-state index is 5.06. The summed E-state index contributed by atoms with van der Waals surface area (Å²) >= 11 is 0. The van der Waals surface area contributed by atoms with Gasteiger partial charge in [-0.15, -0.1) is 0 Å². The van der Waals surface area contributed by atoms with Gasteiger partial charge in [-0.2, -0.15) is 0 Å². The fourth-order valence-electron chi connectivity index (χ4n) is 0.729. The summed E-state index contributed by atoms with van der Waals surface area (Å²) in [4.78, 5) is 0. The zero-order valence-corrected chi connectivity index (χ0v) is 7.52. The van der Waals surface area contributed by atoms with Crippen molar-refractivity contribution < 1.29 is 9.47 Å². The molecule has 0 aliphatic rings. The highest BCUT2D eigenvalue weighted by atomic mass is 16.5. The van der Waals surface area contributed by atoms with Gasteiger partial charge < -0.3 is 9.47 Å². The normalized spacial score (nSPS) is 11.0. The molecule has 2 heteroatoms. The van der Waals surface area contributed by atoms with Crippen molar-refractivity contribution in [1.29, 1.82) is 0 Å². The zero-order valence-electron chi connectivity index (χ0n) is 7.52. The van der Waals surface area contributed by atoms with Gasteiger partial charge in [-0.25, -0.2) is 0 Å². The van der Waals surface area contributed by atoms with Crippen LogP contribution < -0.4 is 0 Å². The van der Waals surface area contributed by atoms with E-state index in [-0.39, 0.29) is 0 Å². The van der Waals surface area contributed by atoms with E-state index in [2.05, 4.69) is 6.58 Å². The number of allylic oxidation sites excluding steroid dienone is 3. The van der Waals surface area contributed by atoms with Gasteiger partial charge in [0, 0.05) is 12.8 Å². The largest absolute Gasteiger partial charge is 0.502 e. The van der Waals surface area contributed by atoms with Gasteiger partial charge >= 0.3 is 0 Å². The van der Waals surface area contributed by atoms with Crippen molar-refractivity contribution in [3.8, 4) is 0 Å². The van der Waals surface area contributed by atoms with Crippen molar-refractivity contribution in [3.63, 3.8) is 0 Å². The highest BCUT2D eigenvalue weighted by molar-refractivity contribution is 4.94. The van der Waals surface area contributed by atoms with Crippen molar-refractivity contribution in [2.45, 2.75) is 19.8 Å². The molecule has 0 saturated heterocycles. The highest BCUT2D eigenvalue weighted by Gasteiger charge is 1.96. The van der Waals surface area contributed by atoms with Gasteiger partial charge in [0.1, 0.15) is 0 Å². The molecule has 11 heavy (non-hydrogen) atoms. The number of hydrogen-bond acceptors (Lipinski definition) is 2. The molecule has 64 valence electrons. The number of methoxy groups -OCH3 is 2. The molecule has 0 radical (unpaired) electrons. The fraction of sp³-hybridized carbons (Fsp3) is 0.556. The molecule has 0 aromatic carbocycles. The molecular formula is C9H16O2. The summed E-state index contributed by atoms with van der Waals surface area (Å²) in [6.07, 6.45) is 3.63. The predicted octanol–water partition coefficient (Wildman–Crippen LogP) is 2.48. The molecule has 0 aliphatic carbocycles. The average molecular weight is 156 g/mol. The first kappa shape index (κ1) is 10.1. The van der Waals surface area contributed by atoms with Gasteiger partial charge in [-0.3, -0.25) is 0 Å². The number of rotatable bonds is 5. The van der Waals surface area contributed by atoms with Crippen LogP contribution in [-0.4, -0.2) is 14.2 Å². The van der Waals surface area contributed by atoms with Gasteiger partial charge in [0.15, 0.2) is 0 Å². The second kappa shape index (κ2) is 5.83. The summed E-state index contributed by atoms with van der Waals surface area (Å²) in [7, 11) is 3.30. The summed E-state index contributed by atoms with van der Waals surface area (Å²) in [6.45, 7) is 5.66. The van der Waals surface area contributed by atoms with Crippen LogP contribution in [-0.2, 0) is 9.47 Å². The minimum atomic E-state index is 0.793. The highest BCUT2D eigenvalue weighted by Crippen LogP contribution is 2.10. The van der Waals surface area contributed by atoms with Crippen molar-refractivity contribution >= 4 is 0 Å². The standard InChI is InChI=1S/C9H16O2/c1-5-9(11-4)7-6-8(2)10-3/h5H,2,6-7H2,1,3-4H3/b9-5+. The van der Waals surface area contributed by atoms with E-state index < -0.39 is 0 Å². The molecule has 0 heterocycles. The molecule has 0 spiro atoms. The lowest BCUT2D eigenvalue weighted by atomic mass is 10.2. The lowest BCUT2D eigenvalue weighted by Gasteiger charge is -2.06. The molecule has 0 aromatic heterocycles. The van der Waals surface area contributed by atoms with Crippen molar-refractivity contribution in [3.05, 3.63) is 24.2 Å². The molecule has 0 amide bonds. The van der Waals surface area contributed by atoms with Gasteiger partial charge in [-0.1, -0.05) is 6.58 Å². The third-order valence-corrected chi connectivity index (χ3v) is 1.52. The molecular weight excluding hydrogens is 140 g/mol. The Hall–Kier alpha value is -0.920. The molecule has 0 fully saturated rings. The molecule has 0 unspecified atom stereocenters. The first-order valence-corrected chi connectivity index (χ1v) is 3.65. The minimum Gasteiger partial charge on any atom is -0.502 e. The summed E-state index contributed by atoms with van der Waals surface area (Å²) in [5, 5.41) is 0. The molecule has 0 N–H and O–H groups in total. The van der Waals surface area contributed by atoms with Crippen LogP contribution in [0, 0.1) is 0 Å². The molecule has 0 bridgehead atoms. The molecule has 0 aromatic rings. The Morgan fingerprint density at radius 1 is 1.27 bits per heavy atom. The van der Waals surface area contributed by atoms with Gasteiger partial charge in [0.05, 0.1) is 25.7 Å². The van der Waals surface area contributed by atoms with Crippen LogP contribution in [0.2, 0.25) is 0 Å². The van der Waals surface area contributed by atoms with Crippen LogP contribution in [0.1, 0.15) is 19.8 Å². The van der Waals surface area contributed by atoms with Gasteiger partial charge in [0.2, 0.25) is 0 Å². The Morgan fingerprint density at radius 2 is 1.91 bits per heavy atom. The molecule has 2 nitrogen and oxygen atoms in total. The maximum atomic E-state index is 5.06. The summed E-state index contributed by atoms with van der Waals surface area (Å²) in [6, 6.07) is 0. The fourth-order valence-corrected chi connectivity index (χ4v) is 0.729. The minimum absolute atomic E-state index is 0.793. The Kier molecular flexibility index (Phi) is 5.35. The van der Waals surface area contributed by atoms with E-state index >= 15 is 0 Å². The second-order valence-corrected chi connectivity index (χ2v) is 2.20. The first-order valence-electron chi connectivity index (χ1n) is 3.65. The first-order chi connectivity index (χ1) is 5.24.